The van der Waals surface area contributed by atoms with Crippen LogP contribution < -0.4 is 0 Å². The molecule has 0 saturated heterocycles. The molecule has 0 amide bonds. The molecule has 0 aliphatic heterocycles. The van der Waals surface area contributed by atoms with Crippen molar-refractivity contribution in [3.63, 3.8) is 0 Å². The number of thiophene rings is 1. The Labute approximate surface area is 87.8 Å². The number of aromatic nitrogens is 1. The molecule has 0 saturated carbocycles. The summed E-state index contributed by atoms with van der Waals surface area (Å²) in [6, 6.07) is 3.73. The van der Waals surface area contributed by atoms with Gasteiger partial charge in [-0.1, -0.05) is 11.6 Å². The Morgan fingerprint density at radius 2 is 2.31 bits per heavy atom. The molecule has 0 aromatic carbocycles. The van der Waals surface area contributed by atoms with Gasteiger partial charge >= 0.3 is 0 Å². The van der Waals surface area contributed by atoms with Gasteiger partial charge < -0.3 is 0 Å². The summed E-state index contributed by atoms with van der Waals surface area (Å²) in [5, 5.41) is 2.58. The molecule has 2 rings (SSSR count). The van der Waals surface area contributed by atoms with Crippen LogP contribution >= 0.6 is 34.3 Å². The molecule has 66 valence electrons. The largest absolute Gasteiger partial charge is 0.296 e. The lowest BCUT2D eigenvalue weighted by Crippen LogP contribution is -1.76. The highest BCUT2D eigenvalue weighted by Gasteiger charge is 2.06. The smallest absolute Gasteiger partial charge is 0.169 e. The fraction of sp³-hybridized carbons (Fsp3) is 0. The summed E-state index contributed by atoms with van der Waals surface area (Å²) in [4.78, 5) is 15.5. The van der Waals surface area contributed by atoms with Gasteiger partial charge in [0.05, 0.1) is 9.21 Å². The first kappa shape index (κ1) is 8.87. The van der Waals surface area contributed by atoms with Crippen LogP contribution in [0, 0.1) is 0 Å². The molecule has 13 heavy (non-hydrogen) atoms. The molecule has 2 heterocycles. The van der Waals surface area contributed by atoms with Gasteiger partial charge in [0.1, 0.15) is 10.7 Å². The standard InChI is InChI=1S/C8H4ClNOS2/c9-7-2-1-6(13-7)8-10-5(3-11)4-12-8/h1-4H. The van der Waals surface area contributed by atoms with Crippen molar-refractivity contribution in [3.8, 4) is 9.88 Å². The number of halogens is 1. The SMILES string of the molecule is O=Cc1csc(-c2ccc(Cl)s2)n1. The van der Waals surface area contributed by atoms with E-state index in [1.54, 1.807) is 5.38 Å². The zero-order valence-corrected chi connectivity index (χ0v) is 8.75. The van der Waals surface area contributed by atoms with E-state index in [4.69, 9.17) is 11.6 Å². The van der Waals surface area contributed by atoms with Crippen molar-refractivity contribution in [2.75, 3.05) is 0 Å². The maximum atomic E-state index is 10.4. The van der Waals surface area contributed by atoms with E-state index in [0.29, 0.717) is 5.69 Å². The van der Waals surface area contributed by atoms with Crippen molar-refractivity contribution in [2.24, 2.45) is 0 Å². The molecule has 0 spiro atoms. The van der Waals surface area contributed by atoms with Gasteiger partial charge in [-0.05, 0) is 12.1 Å². The summed E-state index contributed by atoms with van der Waals surface area (Å²) in [5.74, 6) is 0. The van der Waals surface area contributed by atoms with E-state index in [1.165, 1.54) is 22.7 Å². The molecule has 0 bridgehead atoms. The van der Waals surface area contributed by atoms with Crippen LogP contribution in [0.1, 0.15) is 10.5 Å². The Morgan fingerprint density at radius 1 is 1.46 bits per heavy atom. The van der Waals surface area contributed by atoms with E-state index in [2.05, 4.69) is 4.98 Å². The van der Waals surface area contributed by atoms with Crippen LogP contribution in [-0.4, -0.2) is 11.3 Å². The highest BCUT2D eigenvalue weighted by atomic mass is 35.5. The second-order valence-electron chi connectivity index (χ2n) is 2.30. The Balaban J connectivity index is 2.40. The maximum absolute atomic E-state index is 10.4. The second kappa shape index (κ2) is 3.57. The van der Waals surface area contributed by atoms with E-state index >= 15 is 0 Å². The van der Waals surface area contributed by atoms with E-state index in [0.717, 1.165) is 20.5 Å². The number of hydrogen-bond acceptors (Lipinski definition) is 4. The topological polar surface area (TPSA) is 30.0 Å². The number of carbonyl (C=O) groups excluding carboxylic acids is 1. The summed E-state index contributed by atoms with van der Waals surface area (Å²) in [6.07, 6.45) is 0.745. The van der Waals surface area contributed by atoms with E-state index in [9.17, 15) is 4.79 Å². The number of nitrogens with zero attached hydrogens (tertiary/aromatic N) is 1. The van der Waals surface area contributed by atoms with Crippen molar-refractivity contribution in [2.45, 2.75) is 0 Å². The fourth-order valence-corrected chi connectivity index (χ4v) is 2.76. The lowest BCUT2D eigenvalue weighted by Gasteiger charge is -1.84. The number of rotatable bonds is 2. The second-order valence-corrected chi connectivity index (χ2v) is 4.87. The quantitative estimate of drug-likeness (QED) is 0.740. The molecular weight excluding hydrogens is 226 g/mol. The van der Waals surface area contributed by atoms with Crippen LogP contribution in [0.25, 0.3) is 9.88 Å². The van der Waals surface area contributed by atoms with Crippen molar-refractivity contribution in [1.82, 2.24) is 4.98 Å². The third-order valence-corrected chi connectivity index (χ3v) is 3.69. The van der Waals surface area contributed by atoms with E-state index < -0.39 is 0 Å². The maximum Gasteiger partial charge on any atom is 0.169 e. The average Bonchev–Trinajstić information content (AvgIpc) is 2.71. The molecule has 0 atom stereocenters. The minimum absolute atomic E-state index is 0.476. The minimum Gasteiger partial charge on any atom is -0.296 e. The van der Waals surface area contributed by atoms with Crippen molar-refractivity contribution < 1.29 is 4.79 Å². The number of thiazole rings is 1. The highest BCUT2D eigenvalue weighted by molar-refractivity contribution is 7.23. The van der Waals surface area contributed by atoms with Crippen LogP contribution in [0.3, 0.4) is 0 Å². The molecule has 0 radical (unpaired) electrons. The molecule has 2 aromatic rings. The molecule has 2 aromatic heterocycles. The van der Waals surface area contributed by atoms with Crippen LogP contribution in [0.5, 0.6) is 0 Å². The normalized spacial score (nSPS) is 10.2. The molecule has 0 unspecified atom stereocenters. The zero-order valence-electron chi connectivity index (χ0n) is 6.36. The first-order valence-corrected chi connectivity index (χ1v) is 5.53. The lowest BCUT2D eigenvalue weighted by molar-refractivity contribution is 0.111. The Morgan fingerprint density at radius 3 is 2.85 bits per heavy atom. The number of hydrogen-bond donors (Lipinski definition) is 0. The first-order valence-electron chi connectivity index (χ1n) is 3.46. The first-order chi connectivity index (χ1) is 6.29. The summed E-state index contributed by atoms with van der Waals surface area (Å²) < 4.78 is 0.734. The number of aldehydes is 1. The molecule has 0 N–H and O–H groups in total. The van der Waals surface area contributed by atoms with Gasteiger partial charge in [0.15, 0.2) is 6.29 Å². The third kappa shape index (κ3) is 1.80. The summed E-state index contributed by atoms with van der Waals surface area (Å²) in [5.41, 5.74) is 0.476. The summed E-state index contributed by atoms with van der Waals surface area (Å²) >= 11 is 8.69. The Bertz CT molecular complexity index is 435. The molecule has 5 heteroatoms. The van der Waals surface area contributed by atoms with Crippen molar-refractivity contribution in [3.05, 3.63) is 27.5 Å². The molecular formula is C8H4ClNOS2. The monoisotopic (exact) mass is 229 g/mol. The zero-order chi connectivity index (χ0) is 9.26. The minimum atomic E-state index is 0.476. The third-order valence-electron chi connectivity index (χ3n) is 1.43. The van der Waals surface area contributed by atoms with Gasteiger partial charge in [0, 0.05) is 5.38 Å². The van der Waals surface area contributed by atoms with Crippen LogP contribution in [0.2, 0.25) is 4.34 Å². The molecule has 0 fully saturated rings. The van der Waals surface area contributed by atoms with Crippen LogP contribution in [-0.2, 0) is 0 Å². The van der Waals surface area contributed by atoms with Crippen LogP contribution in [0.4, 0.5) is 0 Å². The van der Waals surface area contributed by atoms with E-state index in [-0.39, 0.29) is 0 Å². The summed E-state index contributed by atoms with van der Waals surface area (Å²) in [7, 11) is 0. The Hall–Kier alpha value is -0.710. The van der Waals surface area contributed by atoms with Crippen molar-refractivity contribution >= 4 is 40.6 Å². The molecule has 0 aliphatic rings. The molecule has 2 nitrogen and oxygen atoms in total. The fourth-order valence-electron chi connectivity index (χ4n) is 0.883. The van der Waals surface area contributed by atoms with Crippen LogP contribution in [0.15, 0.2) is 17.5 Å². The molecule has 0 aliphatic carbocycles. The van der Waals surface area contributed by atoms with Gasteiger partial charge in [0.25, 0.3) is 0 Å². The lowest BCUT2D eigenvalue weighted by atomic mass is 10.5. The predicted molar refractivity (Wildman–Crippen MR) is 55.8 cm³/mol. The predicted octanol–water partition coefficient (Wildman–Crippen LogP) is 3.34. The van der Waals surface area contributed by atoms with Crippen molar-refractivity contribution in [1.29, 1.82) is 0 Å². The van der Waals surface area contributed by atoms with Gasteiger partial charge in [-0.25, -0.2) is 4.98 Å². The average molecular weight is 230 g/mol. The van der Waals surface area contributed by atoms with Gasteiger partial charge in [-0.15, -0.1) is 22.7 Å². The number of carbonyl (C=O) groups is 1. The van der Waals surface area contributed by atoms with Gasteiger partial charge in [-0.2, -0.15) is 0 Å². The van der Waals surface area contributed by atoms with Gasteiger partial charge in [0.2, 0.25) is 0 Å². The Kier molecular flexibility index (Phi) is 2.44. The summed E-state index contributed by atoms with van der Waals surface area (Å²) in [6.45, 7) is 0. The van der Waals surface area contributed by atoms with Gasteiger partial charge in [-0.3, -0.25) is 4.79 Å². The van der Waals surface area contributed by atoms with E-state index in [1.807, 2.05) is 12.1 Å². The highest BCUT2D eigenvalue weighted by Crippen LogP contribution is 2.32.